The van der Waals surface area contributed by atoms with Crippen molar-refractivity contribution in [3.63, 3.8) is 0 Å². The highest BCUT2D eigenvalue weighted by Gasteiger charge is 2.40. The predicted octanol–water partition coefficient (Wildman–Crippen LogP) is 2.49. The average molecular weight is 256 g/mol. The van der Waals surface area contributed by atoms with Crippen molar-refractivity contribution in [1.29, 1.82) is 0 Å². The van der Waals surface area contributed by atoms with Gasteiger partial charge in [-0.15, -0.1) is 0 Å². The molecular formula is C14H28N2O2. The minimum absolute atomic E-state index is 0.166. The van der Waals surface area contributed by atoms with Gasteiger partial charge >= 0.3 is 6.09 Å². The van der Waals surface area contributed by atoms with E-state index in [0.29, 0.717) is 17.9 Å². The van der Waals surface area contributed by atoms with Crippen molar-refractivity contribution < 1.29 is 9.53 Å². The van der Waals surface area contributed by atoms with Gasteiger partial charge in [-0.3, -0.25) is 0 Å². The first kappa shape index (κ1) is 15.3. The number of rotatable bonds is 4. The van der Waals surface area contributed by atoms with E-state index in [2.05, 4.69) is 19.2 Å². The summed E-state index contributed by atoms with van der Waals surface area (Å²) in [7, 11) is 1.96. The van der Waals surface area contributed by atoms with Crippen molar-refractivity contribution in [1.82, 2.24) is 10.2 Å². The molecule has 18 heavy (non-hydrogen) atoms. The van der Waals surface area contributed by atoms with E-state index >= 15 is 0 Å². The van der Waals surface area contributed by atoms with Crippen LogP contribution < -0.4 is 5.32 Å². The van der Waals surface area contributed by atoms with Crippen molar-refractivity contribution in [3.8, 4) is 0 Å². The molecule has 0 bridgehead atoms. The summed E-state index contributed by atoms with van der Waals surface area (Å²) in [6.45, 7) is 11.9. The van der Waals surface area contributed by atoms with E-state index in [1.165, 1.54) is 0 Å². The van der Waals surface area contributed by atoms with E-state index in [-0.39, 0.29) is 6.09 Å². The minimum atomic E-state index is -0.409. The van der Waals surface area contributed by atoms with E-state index in [9.17, 15) is 4.79 Å². The molecule has 1 amide bonds. The summed E-state index contributed by atoms with van der Waals surface area (Å²) in [6.07, 6.45) is 0.921. The zero-order valence-electron chi connectivity index (χ0n) is 12.6. The van der Waals surface area contributed by atoms with Gasteiger partial charge in [-0.2, -0.15) is 0 Å². The molecule has 1 fully saturated rings. The standard InChI is InChI=1S/C14H28N2O2/c1-10(2)11(9-15-6)12-7-8-16(12)13(17)18-14(3,4)5/h10-12,15H,7-9H2,1-6H3. The summed E-state index contributed by atoms with van der Waals surface area (Å²) in [5.74, 6) is 1.06. The van der Waals surface area contributed by atoms with Crippen LogP contribution in [-0.4, -0.2) is 42.8 Å². The Balaban J connectivity index is 2.61. The number of hydrogen-bond acceptors (Lipinski definition) is 3. The van der Waals surface area contributed by atoms with Gasteiger partial charge in [0.2, 0.25) is 0 Å². The van der Waals surface area contributed by atoms with Crippen LogP contribution in [0.3, 0.4) is 0 Å². The second kappa shape index (κ2) is 5.91. The fourth-order valence-corrected chi connectivity index (χ4v) is 2.45. The normalized spacial score (nSPS) is 21.7. The highest BCUT2D eigenvalue weighted by atomic mass is 16.6. The third kappa shape index (κ3) is 3.87. The first-order valence-corrected chi connectivity index (χ1v) is 6.90. The molecule has 106 valence electrons. The molecule has 0 saturated carbocycles. The van der Waals surface area contributed by atoms with Crippen LogP contribution in [0.15, 0.2) is 0 Å². The molecule has 0 spiro atoms. The zero-order valence-corrected chi connectivity index (χ0v) is 12.6. The lowest BCUT2D eigenvalue weighted by atomic mass is 9.82. The fourth-order valence-electron chi connectivity index (χ4n) is 2.45. The van der Waals surface area contributed by atoms with Gasteiger partial charge in [0.15, 0.2) is 0 Å². The van der Waals surface area contributed by atoms with Gasteiger partial charge in [-0.25, -0.2) is 4.79 Å². The van der Waals surface area contributed by atoms with E-state index in [0.717, 1.165) is 19.5 Å². The predicted molar refractivity (Wildman–Crippen MR) is 73.6 cm³/mol. The minimum Gasteiger partial charge on any atom is -0.444 e. The largest absolute Gasteiger partial charge is 0.444 e. The van der Waals surface area contributed by atoms with Crippen molar-refractivity contribution in [3.05, 3.63) is 0 Å². The van der Waals surface area contributed by atoms with Crippen LogP contribution in [0.2, 0.25) is 0 Å². The molecule has 0 aromatic rings. The Kier molecular flexibility index (Phi) is 5.02. The molecule has 1 rings (SSSR count). The second-order valence-electron chi connectivity index (χ2n) is 6.50. The summed E-state index contributed by atoms with van der Waals surface area (Å²) in [5.41, 5.74) is -0.409. The molecule has 1 N–H and O–H groups in total. The van der Waals surface area contributed by atoms with E-state index in [1.807, 2.05) is 32.7 Å². The smallest absolute Gasteiger partial charge is 0.410 e. The Morgan fingerprint density at radius 3 is 2.39 bits per heavy atom. The zero-order chi connectivity index (χ0) is 13.9. The highest BCUT2D eigenvalue weighted by Crippen LogP contribution is 2.30. The van der Waals surface area contributed by atoms with Gasteiger partial charge in [0, 0.05) is 12.6 Å². The molecule has 0 aromatic carbocycles. The molecule has 4 heteroatoms. The van der Waals surface area contributed by atoms with E-state index in [4.69, 9.17) is 4.74 Å². The number of likely N-dealkylation sites (tertiary alicyclic amines) is 1. The lowest BCUT2D eigenvalue weighted by Crippen LogP contribution is -2.58. The number of carbonyl (C=O) groups excluding carboxylic acids is 1. The number of carbonyl (C=O) groups is 1. The van der Waals surface area contributed by atoms with Crippen LogP contribution >= 0.6 is 0 Å². The molecule has 0 aromatic heterocycles. The number of ether oxygens (including phenoxy) is 1. The maximum Gasteiger partial charge on any atom is 0.410 e. The quantitative estimate of drug-likeness (QED) is 0.840. The molecule has 1 saturated heterocycles. The Bertz CT molecular complexity index is 284. The molecule has 1 aliphatic heterocycles. The topological polar surface area (TPSA) is 41.6 Å². The fraction of sp³-hybridized carbons (Fsp3) is 0.929. The second-order valence-corrected chi connectivity index (χ2v) is 6.50. The Morgan fingerprint density at radius 1 is 1.44 bits per heavy atom. The van der Waals surface area contributed by atoms with Crippen LogP contribution in [0.5, 0.6) is 0 Å². The maximum absolute atomic E-state index is 12.1. The monoisotopic (exact) mass is 256 g/mol. The molecular weight excluding hydrogens is 228 g/mol. The first-order valence-electron chi connectivity index (χ1n) is 6.90. The first-order chi connectivity index (χ1) is 8.26. The molecule has 4 nitrogen and oxygen atoms in total. The summed E-state index contributed by atoms with van der Waals surface area (Å²) < 4.78 is 5.45. The third-order valence-electron chi connectivity index (χ3n) is 3.48. The highest BCUT2D eigenvalue weighted by molar-refractivity contribution is 5.69. The Morgan fingerprint density at radius 2 is 2.06 bits per heavy atom. The third-order valence-corrected chi connectivity index (χ3v) is 3.48. The lowest BCUT2D eigenvalue weighted by Gasteiger charge is -2.46. The van der Waals surface area contributed by atoms with Crippen LogP contribution in [-0.2, 0) is 4.74 Å². The van der Waals surface area contributed by atoms with Crippen molar-refractivity contribution >= 4 is 6.09 Å². The van der Waals surface area contributed by atoms with Crippen LogP contribution in [0, 0.1) is 11.8 Å². The molecule has 2 unspecified atom stereocenters. The number of amides is 1. The van der Waals surface area contributed by atoms with Gasteiger partial charge in [-0.1, -0.05) is 13.8 Å². The van der Waals surface area contributed by atoms with E-state index < -0.39 is 5.60 Å². The van der Waals surface area contributed by atoms with Crippen molar-refractivity contribution in [2.75, 3.05) is 20.1 Å². The average Bonchev–Trinajstić information content (AvgIpc) is 2.11. The Labute approximate surface area is 111 Å². The summed E-state index contributed by atoms with van der Waals surface area (Å²) in [5, 5.41) is 3.23. The van der Waals surface area contributed by atoms with Crippen molar-refractivity contribution in [2.45, 2.75) is 52.7 Å². The van der Waals surface area contributed by atoms with Crippen LogP contribution in [0.25, 0.3) is 0 Å². The maximum atomic E-state index is 12.1. The van der Waals surface area contributed by atoms with Gasteiger partial charge in [0.05, 0.1) is 0 Å². The van der Waals surface area contributed by atoms with Crippen LogP contribution in [0.4, 0.5) is 4.79 Å². The molecule has 1 heterocycles. The van der Waals surface area contributed by atoms with Crippen LogP contribution in [0.1, 0.15) is 41.0 Å². The van der Waals surface area contributed by atoms with E-state index in [1.54, 1.807) is 0 Å². The number of nitrogens with one attached hydrogen (secondary N) is 1. The summed E-state index contributed by atoms with van der Waals surface area (Å²) in [6, 6.07) is 0.326. The number of hydrogen-bond donors (Lipinski definition) is 1. The van der Waals surface area contributed by atoms with Crippen molar-refractivity contribution in [2.24, 2.45) is 11.8 Å². The lowest BCUT2D eigenvalue weighted by molar-refractivity contribution is -0.0229. The van der Waals surface area contributed by atoms with Gasteiger partial charge < -0.3 is 15.0 Å². The SMILES string of the molecule is CNCC(C(C)C)C1CCN1C(=O)OC(C)(C)C. The van der Waals surface area contributed by atoms with Gasteiger partial charge in [0.25, 0.3) is 0 Å². The molecule has 0 aliphatic carbocycles. The summed E-state index contributed by atoms with van der Waals surface area (Å²) >= 11 is 0. The van der Waals surface area contributed by atoms with Gasteiger partial charge in [0.1, 0.15) is 5.60 Å². The van der Waals surface area contributed by atoms with Gasteiger partial charge in [-0.05, 0) is 52.6 Å². The molecule has 2 atom stereocenters. The summed E-state index contributed by atoms with van der Waals surface area (Å²) in [4.78, 5) is 13.9. The number of nitrogens with zero attached hydrogens (tertiary/aromatic N) is 1. The Hall–Kier alpha value is -0.770. The molecule has 0 radical (unpaired) electrons. The molecule has 1 aliphatic rings.